The first-order chi connectivity index (χ1) is 10.2. The fourth-order valence-electron chi connectivity index (χ4n) is 2.81. The zero-order chi connectivity index (χ0) is 14.8. The summed E-state index contributed by atoms with van der Waals surface area (Å²) >= 11 is 6.16. The van der Waals surface area contributed by atoms with Gasteiger partial charge in [0.1, 0.15) is 5.82 Å². The summed E-state index contributed by atoms with van der Waals surface area (Å²) in [5.74, 6) is 1.09. The smallest absolute Gasteiger partial charge is 0.133 e. The predicted octanol–water partition coefficient (Wildman–Crippen LogP) is 3.73. The Hall–Kier alpha value is -1.52. The Morgan fingerprint density at radius 2 is 2.24 bits per heavy atom. The van der Waals surface area contributed by atoms with Crippen molar-refractivity contribution < 1.29 is 4.74 Å². The van der Waals surface area contributed by atoms with Crippen LogP contribution in [-0.2, 0) is 17.8 Å². The van der Waals surface area contributed by atoms with E-state index in [0.29, 0.717) is 6.61 Å². The Bertz CT molecular complexity index is 651. The van der Waals surface area contributed by atoms with E-state index < -0.39 is 0 Å². The van der Waals surface area contributed by atoms with Crippen LogP contribution in [0.15, 0.2) is 18.2 Å². The van der Waals surface area contributed by atoms with Crippen LogP contribution in [0.1, 0.15) is 29.7 Å². The van der Waals surface area contributed by atoms with Crippen LogP contribution in [0.4, 0.5) is 5.82 Å². The molecule has 2 aromatic rings. The first-order valence-corrected chi connectivity index (χ1v) is 7.68. The van der Waals surface area contributed by atoms with Crippen molar-refractivity contribution in [2.45, 2.75) is 32.8 Å². The monoisotopic (exact) mass is 305 g/mol. The van der Waals surface area contributed by atoms with Gasteiger partial charge in [-0.2, -0.15) is 5.10 Å². The van der Waals surface area contributed by atoms with Gasteiger partial charge < -0.3 is 10.1 Å². The van der Waals surface area contributed by atoms with Crippen LogP contribution >= 0.6 is 11.6 Å². The van der Waals surface area contributed by atoms with Crippen molar-refractivity contribution in [2.75, 3.05) is 19.0 Å². The second-order valence-corrected chi connectivity index (χ2v) is 5.87. The number of halogens is 1. The summed E-state index contributed by atoms with van der Waals surface area (Å²) in [5.41, 5.74) is 4.46. The third kappa shape index (κ3) is 2.78. The third-order valence-corrected chi connectivity index (χ3v) is 4.13. The maximum absolute atomic E-state index is 6.16. The molecular formula is C16H20ClN3O. The van der Waals surface area contributed by atoms with Crippen molar-refractivity contribution in [1.82, 2.24) is 9.78 Å². The Morgan fingerprint density at radius 3 is 3.05 bits per heavy atom. The van der Waals surface area contributed by atoms with Crippen LogP contribution in [0.5, 0.6) is 0 Å². The second-order valence-electron chi connectivity index (χ2n) is 5.43. The number of methoxy groups -OCH3 is 1. The van der Waals surface area contributed by atoms with Gasteiger partial charge in [-0.15, -0.1) is 0 Å². The molecule has 0 spiro atoms. The summed E-state index contributed by atoms with van der Waals surface area (Å²) in [6, 6.07) is 5.90. The summed E-state index contributed by atoms with van der Waals surface area (Å²) < 4.78 is 7.29. The Kier molecular flexibility index (Phi) is 4.17. The quantitative estimate of drug-likeness (QED) is 0.939. The van der Waals surface area contributed by atoms with Gasteiger partial charge in [-0.1, -0.05) is 17.7 Å². The molecule has 5 heteroatoms. The SMILES string of the molecule is COCc1nn(-c2cc(Cl)ccc2C)c2c1CCCCN2. The van der Waals surface area contributed by atoms with Gasteiger partial charge in [-0.05, 0) is 43.9 Å². The molecule has 1 aliphatic rings. The summed E-state index contributed by atoms with van der Waals surface area (Å²) in [7, 11) is 1.71. The van der Waals surface area contributed by atoms with Crippen molar-refractivity contribution in [2.24, 2.45) is 0 Å². The molecule has 1 aromatic carbocycles. The highest BCUT2D eigenvalue weighted by Gasteiger charge is 2.21. The number of rotatable bonds is 3. The number of ether oxygens (including phenoxy) is 1. The summed E-state index contributed by atoms with van der Waals surface area (Å²) in [4.78, 5) is 0. The van der Waals surface area contributed by atoms with Crippen molar-refractivity contribution >= 4 is 17.4 Å². The first-order valence-electron chi connectivity index (χ1n) is 7.31. The Labute approximate surface area is 130 Å². The number of nitrogens with zero attached hydrogens (tertiary/aromatic N) is 2. The molecule has 2 heterocycles. The highest BCUT2D eigenvalue weighted by molar-refractivity contribution is 6.30. The highest BCUT2D eigenvalue weighted by atomic mass is 35.5. The van der Waals surface area contributed by atoms with E-state index in [2.05, 4.69) is 12.2 Å². The average Bonchev–Trinajstić information content (AvgIpc) is 2.66. The lowest BCUT2D eigenvalue weighted by Gasteiger charge is -2.12. The number of aryl methyl sites for hydroxylation is 1. The maximum atomic E-state index is 6.16. The molecular weight excluding hydrogens is 286 g/mol. The summed E-state index contributed by atoms with van der Waals surface area (Å²) in [6.07, 6.45) is 3.40. The minimum absolute atomic E-state index is 0.538. The van der Waals surface area contributed by atoms with Crippen LogP contribution in [0, 0.1) is 6.92 Å². The van der Waals surface area contributed by atoms with Gasteiger partial charge in [0, 0.05) is 24.2 Å². The van der Waals surface area contributed by atoms with Gasteiger partial charge in [0.2, 0.25) is 0 Å². The number of hydrogen-bond donors (Lipinski definition) is 1. The van der Waals surface area contributed by atoms with E-state index in [1.807, 2.05) is 22.9 Å². The van der Waals surface area contributed by atoms with Crippen molar-refractivity contribution in [3.8, 4) is 5.69 Å². The average molecular weight is 306 g/mol. The van der Waals surface area contributed by atoms with Gasteiger partial charge in [-0.25, -0.2) is 4.68 Å². The number of anilines is 1. The highest BCUT2D eigenvalue weighted by Crippen LogP contribution is 2.30. The number of hydrogen-bond acceptors (Lipinski definition) is 3. The number of benzene rings is 1. The standard InChI is InChI=1S/C16H20ClN3O/c1-11-6-7-12(17)9-15(11)20-16-13(5-3-4-8-18-16)14(19-20)10-21-2/h6-7,9,18H,3-5,8,10H2,1-2H3. The van der Waals surface area contributed by atoms with Crippen LogP contribution < -0.4 is 5.32 Å². The minimum atomic E-state index is 0.538. The molecule has 0 radical (unpaired) electrons. The molecule has 0 fully saturated rings. The summed E-state index contributed by atoms with van der Waals surface area (Å²) in [6.45, 7) is 3.59. The molecule has 1 aromatic heterocycles. The molecule has 0 atom stereocenters. The Morgan fingerprint density at radius 1 is 1.38 bits per heavy atom. The molecule has 0 bridgehead atoms. The van der Waals surface area contributed by atoms with E-state index in [9.17, 15) is 0 Å². The largest absolute Gasteiger partial charge is 0.378 e. The van der Waals surface area contributed by atoms with Gasteiger partial charge in [0.25, 0.3) is 0 Å². The Balaban J connectivity index is 2.15. The maximum Gasteiger partial charge on any atom is 0.133 e. The number of fused-ring (bicyclic) bond motifs is 1. The van der Waals surface area contributed by atoms with Gasteiger partial charge in [0.05, 0.1) is 18.0 Å². The fourth-order valence-corrected chi connectivity index (χ4v) is 2.98. The minimum Gasteiger partial charge on any atom is -0.378 e. The first kappa shape index (κ1) is 14.4. The van der Waals surface area contributed by atoms with Crippen LogP contribution in [-0.4, -0.2) is 23.4 Å². The lowest BCUT2D eigenvalue weighted by Crippen LogP contribution is -2.08. The van der Waals surface area contributed by atoms with Crippen molar-refractivity contribution in [1.29, 1.82) is 0 Å². The van der Waals surface area contributed by atoms with E-state index in [0.717, 1.165) is 40.8 Å². The molecule has 4 nitrogen and oxygen atoms in total. The predicted molar refractivity (Wildman–Crippen MR) is 85.5 cm³/mol. The van der Waals surface area contributed by atoms with E-state index in [1.165, 1.54) is 18.4 Å². The molecule has 21 heavy (non-hydrogen) atoms. The molecule has 1 N–H and O–H groups in total. The van der Waals surface area contributed by atoms with Crippen LogP contribution in [0.3, 0.4) is 0 Å². The molecule has 0 saturated carbocycles. The lowest BCUT2D eigenvalue weighted by atomic mass is 10.1. The summed E-state index contributed by atoms with van der Waals surface area (Å²) in [5, 5.41) is 9.01. The van der Waals surface area contributed by atoms with E-state index >= 15 is 0 Å². The zero-order valence-electron chi connectivity index (χ0n) is 12.4. The molecule has 0 unspecified atom stereocenters. The van der Waals surface area contributed by atoms with E-state index in [-0.39, 0.29) is 0 Å². The fraction of sp³-hybridized carbons (Fsp3) is 0.438. The molecule has 0 saturated heterocycles. The van der Waals surface area contributed by atoms with Gasteiger partial charge in [0.15, 0.2) is 0 Å². The normalized spacial score (nSPS) is 14.4. The van der Waals surface area contributed by atoms with Crippen molar-refractivity contribution in [3.05, 3.63) is 40.0 Å². The van der Waals surface area contributed by atoms with E-state index in [1.54, 1.807) is 7.11 Å². The van der Waals surface area contributed by atoms with Crippen LogP contribution in [0.2, 0.25) is 5.02 Å². The van der Waals surface area contributed by atoms with Crippen molar-refractivity contribution in [3.63, 3.8) is 0 Å². The number of aromatic nitrogens is 2. The molecule has 0 amide bonds. The molecule has 112 valence electrons. The molecule has 0 aliphatic carbocycles. The number of nitrogens with one attached hydrogen (secondary N) is 1. The van der Waals surface area contributed by atoms with Gasteiger partial charge in [-0.3, -0.25) is 0 Å². The third-order valence-electron chi connectivity index (χ3n) is 3.89. The second kappa shape index (κ2) is 6.08. The zero-order valence-corrected chi connectivity index (χ0v) is 13.2. The lowest BCUT2D eigenvalue weighted by molar-refractivity contribution is 0.180. The molecule has 3 rings (SSSR count). The van der Waals surface area contributed by atoms with Crippen LogP contribution in [0.25, 0.3) is 5.69 Å². The molecule has 1 aliphatic heterocycles. The van der Waals surface area contributed by atoms with E-state index in [4.69, 9.17) is 21.4 Å². The topological polar surface area (TPSA) is 39.1 Å². The van der Waals surface area contributed by atoms with Gasteiger partial charge >= 0.3 is 0 Å².